The summed E-state index contributed by atoms with van der Waals surface area (Å²) < 4.78 is 23.2. The zero-order valence-corrected chi connectivity index (χ0v) is 45.6. The lowest BCUT2D eigenvalue weighted by atomic mass is 9.98. The highest BCUT2D eigenvalue weighted by molar-refractivity contribution is 7.99. The highest BCUT2D eigenvalue weighted by atomic mass is 32.2. The molecule has 0 saturated heterocycles. The van der Waals surface area contributed by atoms with Gasteiger partial charge in [-0.2, -0.15) is 11.8 Å². The maximum atomic E-state index is 13.5. The first kappa shape index (κ1) is 60.8. The summed E-state index contributed by atoms with van der Waals surface area (Å²) in [6, 6.07) is 15.4. The summed E-state index contributed by atoms with van der Waals surface area (Å²) in [5.41, 5.74) is 3.72. The lowest BCUT2D eigenvalue weighted by Gasteiger charge is -2.25. The smallest absolute Gasteiger partial charge is 0.407 e. The van der Waals surface area contributed by atoms with Crippen molar-refractivity contribution in [2.24, 2.45) is 0 Å². The Hall–Kier alpha value is -3.53. The van der Waals surface area contributed by atoms with Crippen molar-refractivity contribution in [3.8, 4) is 11.1 Å². The standard InChI is InChI=1S/C60H97NO8S/c1-6-8-10-12-14-16-18-20-22-24-26-28-30-43-56(62)66-45-37-36-38-49(68-57(63)44-31-29-27-25-23-21-19-17-15-13-11-9-7-2)47-70-48-55(58(64)69-60(3,4)5)61-59(65)67-46-54-52-41-34-32-39-50(52)51-40-33-35-42-53(51)54/h32-35,39-42,49,54-55H,6-31,36-38,43-48H2,1-5H3,(H,61,65)/t49-,55+/m1/s1. The molecule has 1 amide bonds. The number of thioether (sulfide) groups is 1. The molecule has 0 radical (unpaired) electrons. The summed E-state index contributed by atoms with van der Waals surface area (Å²) in [5, 5.41) is 2.79. The van der Waals surface area contributed by atoms with E-state index < -0.39 is 29.8 Å². The molecule has 2 atom stereocenters. The Bertz CT molecular complexity index is 1660. The van der Waals surface area contributed by atoms with Gasteiger partial charge in [0.05, 0.1) is 6.61 Å². The Kier molecular flexibility index (Phi) is 33.1. The van der Waals surface area contributed by atoms with Crippen LogP contribution in [0.15, 0.2) is 48.5 Å². The van der Waals surface area contributed by atoms with Crippen molar-refractivity contribution in [2.75, 3.05) is 24.7 Å². The van der Waals surface area contributed by atoms with Gasteiger partial charge in [0.1, 0.15) is 24.4 Å². The number of rotatable bonds is 42. The van der Waals surface area contributed by atoms with Crippen LogP contribution in [0.5, 0.6) is 0 Å². The lowest BCUT2D eigenvalue weighted by molar-refractivity contribution is -0.156. The lowest BCUT2D eigenvalue weighted by Crippen LogP contribution is -2.46. The molecule has 0 heterocycles. The fourth-order valence-corrected chi connectivity index (χ4v) is 10.5. The van der Waals surface area contributed by atoms with Gasteiger partial charge in [-0.05, 0) is 75.1 Å². The molecule has 0 bridgehead atoms. The number of alkyl carbamates (subject to hydrolysis) is 1. The van der Waals surface area contributed by atoms with Gasteiger partial charge in [0.15, 0.2) is 0 Å². The van der Waals surface area contributed by atoms with Gasteiger partial charge in [-0.1, -0.05) is 216 Å². The Morgan fingerprint density at radius 3 is 1.46 bits per heavy atom. The van der Waals surface area contributed by atoms with Gasteiger partial charge in [-0.25, -0.2) is 9.59 Å². The predicted octanol–water partition coefficient (Wildman–Crippen LogP) is 16.6. The van der Waals surface area contributed by atoms with E-state index in [1.54, 1.807) is 20.8 Å². The average molecular weight is 993 g/mol. The molecule has 2 aromatic carbocycles. The number of carbonyl (C=O) groups excluding carboxylic acids is 4. The number of amides is 1. The van der Waals surface area contributed by atoms with Crippen LogP contribution >= 0.6 is 11.8 Å². The van der Waals surface area contributed by atoms with Crippen LogP contribution in [0.3, 0.4) is 0 Å². The molecule has 2 aromatic rings. The van der Waals surface area contributed by atoms with Gasteiger partial charge in [-0.15, -0.1) is 0 Å². The van der Waals surface area contributed by atoms with Crippen LogP contribution in [0.1, 0.15) is 251 Å². The number of hydrogen-bond donors (Lipinski definition) is 1. The minimum Gasteiger partial charge on any atom is -0.466 e. The molecule has 0 fully saturated rings. The third-order valence-electron chi connectivity index (χ3n) is 13.4. The fourth-order valence-electron chi connectivity index (χ4n) is 9.37. The molecule has 0 unspecified atom stereocenters. The second kappa shape index (κ2) is 38.1. The maximum Gasteiger partial charge on any atom is 0.407 e. The predicted molar refractivity (Wildman–Crippen MR) is 290 cm³/mol. The third kappa shape index (κ3) is 27.9. The normalized spacial score (nSPS) is 13.0. The number of ether oxygens (including phenoxy) is 4. The van der Waals surface area contributed by atoms with Crippen molar-refractivity contribution in [1.29, 1.82) is 0 Å². The summed E-state index contributed by atoms with van der Waals surface area (Å²) in [6.07, 6.45) is 34.3. The third-order valence-corrected chi connectivity index (χ3v) is 14.5. The Balaban J connectivity index is 1.44. The van der Waals surface area contributed by atoms with E-state index in [1.807, 2.05) is 24.3 Å². The van der Waals surface area contributed by atoms with Gasteiger partial charge in [0.2, 0.25) is 0 Å². The van der Waals surface area contributed by atoms with E-state index in [4.69, 9.17) is 18.9 Å². The first-order valence-electron chi connectivity index (χ1n) is 28.3. The minimum absolute atomic E-state index is 0.116. The monoisotopic (exact) mass is 992 g/mol. The van der Waals surface area contributed by atoms with Crippen molar-refractivity contribution in [1.82, 2.24) is 5.32 Å². The van der Waals surface area contributed by atoms with E-state index >= 15 is 0 Å². The van der Waals surface area contributed by atoms with Crippen LogP contribution in [0, 0.1) is 0 Å². The molecule has 3 rings (SSSR count). The van der Waals surface area contributed by atoms with Gasteiger partial charge >= 0.3 is 24.0 Å². The summed E-state index contributed by atoms with van der Waals surface area (Å²) in [5.74, 6) is -0.368. The second-order valence-corrected chi connectivity index (χ2v) is 22.0. The highest BCUT2D eigenvalue weighted by Crippen LogP contribution is 2.44. The molecule has 0 saturated carbocycles. The van der Waals surface area contributed by atoms with Crippen molar-refractivity contribution in [3.05, 3.63) is 59.7 Å². The molecule has 10 heteroatoms. The van der Waals surface area contributed by atoms with Gasteiger partial charge in [-0.3, -0.25) is 9.59 Å². The zero-order chi connectivity index (χ0) is 50.5. The van der Waals surface area contributed by atoms with E-state index in [0.717, 1.165) is 60.8 Å². The van der Waals surface area contributed by atoms with E-state index in [0.29, 0.717) is 38.0 Å². The van der Waals surface area contributed by atoms with Gasteiger partial charge in [0, 0.05) is 30.3 Å². The summed E-state index contributed by atoms with van der Waals surface area (Å²) in [7, 11) is 0. The Labute approximate surface area is 430 Å². The molecular weight excluding hydrogens is 895 g/mol. The van der Waals surface area contributed by atoms with Crippen LogP contribution in [-0.2, 0) is 33.3 Å². The number of hydrogen-bond acceptors (Lipinski definition) is 9. The van der Waals surface area contributed by atoms with Crippen molar-refractivity contribution < 1.29 is 38.1 Å². The number of esters is 3. The summed E-state index contributed by atoms with van der Waals surface area (Å²) in [6.45, 7) is 10.4. The SMILES string of the molecule is CCCCCCCCCCCCCCCC(=O)OCCCC[C@H](CSC[C@H](NC(=O)OCC1c2ccccc2-c2ccccc21)C(=O)OC(C)(C)C)OC(=O)CCCCCCCCCCCCCCC. The van der Waals surface area contributed by atoms with Gasteiger partial charge in [0.25, 0.3) is 0 Å². The first-order valence-corrected chi connectivity index (χ1v) is 29.4. The van der Waals surface area contributed by atoms with Crippen molar-refractivity contribution >= 4 is 35.8 Å². The van der Waals surface area contributed by atoms with Crippen LogP contribution in [-0.4, -0.2) is 66.5 Å². The number of fused-ring (bicyclic) bond motifs is 3. The molecule has 0 aromatic heterocycles. The van der Waals surface area contributed by atoms with E-state index in [1.165, 1.54) is 147 Å². The number of nitrogens with one attached hydrogen (secondary N) is 1. The number of carbonyl (C=O) groups is 4. The van der Waals surface area contributed by atoms with Crippen LogP contribution in [0.25, 0.3) is 11.1 Å². The molecular formula is C60H97NO8S. The van der Waals surface area contributed by atoms with Crippen molar-refractivity contribution in [3.63, 3.8) is 0 Å². The highest BCUT2D eigenvalue weighted by Gasteiger charge is 2.31. The molecule has 1 aliphatic rings. The Morgan fingerprint density at radius 1 is 0.543 bits per heavy atom. The first-order chi connectivity index (χ1) is 34.0. The van der Waals surface area contributed by atoms with Gasteiger partial charge < -0.3 is 24.3 Å². The molecule has 1 aliphatic carbocycles. The maximum absolute atomic E-state index is 13.5. The average Bonchev–Trinajstić information content (AvgIpc) is 3.66. The minimum atomic E-state index is -0.976. The quantitative estimate of drug-likeness (QED) is 0.0394. The van der Waals surface area contributed by atoms with Crippen LogP contribution in [0.4, 0.5) is 4.79 Å². The molecule has 9 nitrogen and oxygen atoms in total. The fraction of sp³-hybridized carbons (Fsp3) is 0.733. The van der Waals surface area contributed by atoms with Crippen LogP contribution in [0.2, 0.25) is 0 Å². The topological polar surface area (TPSA) is 117 Å². The summed E-state index contributed by atoms with van der Waals surface area (Å²) in [4.78, 5) is 52.6. The Morgan fingerprint density at radius 2 is 0.986 bits per heavy atom. The second-order valence-electron chi connectivity index (χ2n) is 20.9. The van der Waals surface area contributed by atoms with Crippen LogP contribution < -0.4 is 5.32 Å². The van der Waals surface area contributed by atoms with E-state index in [9.17, 15) is 19.2 Å². The zero-order valence-electron chi connectivity index (χ0n) is 44.8. The molecule has 0 aliphatic heterocycles. The molecule has 0 spiro atoms. The van der Waals surface area contributed by atoms with Crippen molar-refractivity contribution in [2.45, 2.75) is 257 Å². The molecule has 396 valence electrons. The number of benzene rings is 2. The summed E-state index contributed by atoms with van der Waals surface area (Å²) >= 11 is 1.44. The molecule has 70 heavy (non-hydrogen) atoms. The van der Waals surface area contributed by atoms with E-state index in [2.05, 4.69) is 43.4 Å². The number of unbranched alkanes of at least 4 members (excludes halogenated alkanes) is 25. The van der Waals surface area contributed by atoms with E-state index in [-0.39, 0.29) is 30.2 Å². The molecule has 1 N–H and O–H groups in total. The largest absolute Gasteiger partial charge is 0.466 e.